The van der Waals surface area contributed by atoms with Gasteiger partial charge in [-0.25, -0.2) is 9.18 Å². The van der Waals surface area contributed by atoms with Crippen molar-refractivity contribution in [3.8, 4) is 11.5 Å². The van der Waals surface area contributed by atoms with Gasteiger partial charge in [-0.15, -0.1) is 0 Å². The zero-order valence-electron chi connectivity index (χ0n) is 11.1. The molecule has 0 saturated heterocycles. The molecule has 0 aliphatic carbocycles. The van der Waals surface area contributed by atoms with Crippen LogP contribution in [0.2, 0.25) is 0 Å². The molecule has 5 heteroatoms. The van der Waals surface area contributed by atoms with Crippen molar-refractivity contribution in [2.75, 3.05) is 12.8 Å². The summed E-state index contributed by atoms with van der Waals surface area (Å²) in [6.07, 6.45) is 0. The van der Waals surface area contributed by atoms with Crippen LogP contribution in [-0.4, -0.2) is 13.1 Å². The van der Waals surface area contributed by atoms with Gasteiger partial charge >= 0.3 is 5.97 Å². The second kappa shape index (κ2) is 5.61. The molecule has 104 valence electrons. The number of carbonyl (C=O) groups is 1. The monoisotopic (exact) mass is 275 g/mol. The van der Waals surface area contributed by atoms with Crippen molar-refractivity contribution in [3.63, 3.8) is 0 Å². The first kappa shape index (κ1) is 13.9. The second-order valence-electron chi connectivity index (χ2n) is 4.23. The lowest BCUT2D eigenvalue weighted by atomic mass is 10.1. The number of rotatable bonds is 3. The molecule has 0 radical (unpaired) electrons. The van der Waals surface area contributed by atoms with Gasteiger partial charge in [0.15, 0.2) is 5.75 Å². The minimum absolute atomic E-state index is 0.203. The fraction of sp³-hybridized carbons (Fsp3) is 0.133. The summed E-state index contributed by atoms with van der Waals surface area (Å²) in [5.74, 6) is -0.278. The standard InChI is InChI=1S/C15H14FNO3/c1-9-8-10(16)6-7-13(9)20-14-11(15(18)19-2)4-3-5-12(14)17/h3-8H,17H2,1-2H3. The van der Waals surface area contributed by atoms with Gasteiger partial charge in [0.25, 0.3) is 0 Å². The lowest BCUT2D eigenvalue weighted by Crippen LogP contribution is -2.06. The van der Waals surface area contributed by atoms with Gasteiger partial charge < -0.3 is 15.2 Å². The Morgan fingerprint density at radius 2 is 2.00 bits per heavy atom. The maximum Gasteiger partial charge on any atom is 0.341 e. The van der Waals surface area contributed by atoms with Crippen molar-refractivity contribution in [3.05, 3.63) is 53.3 Å². The smallest absolute Gasteiger partial charge is 0.341 e. The first-order valence-corrected chi connectivity index (χ1v) is 5.93. The molecule has 0 aliphatic heterocycles. The van der Waals surface area contributed by atoms with Gasteiger partial charge in [0, 0.05) is 0 Å². The Hall–Kier alpha value is -2.56. The minimum atomic E-state index is -0.549. The number of para-hydroxylation sites is 1. The summed E-state index contributed by atoms with van der Waals surface area (Å²) < 4.78 is 23.4. The van der Waals surface area contributed by atoms with Crippen molar-refractivity contribution < 1.29 is 18.7 Å². The van der Waals surface area contributed by atoms with Crippen LogP contribution < -0.4 is 10.5 Å². The average molecular weight is 275 g/mol. The van der Waals surface area contributed by atoms with E-state index in [0.29, 0.717) is 17.0 Å². The van der Waals surface area contributed by atoms with Gasteiger partial charge in [-0.3, -0.25) is 0 Å². The third-order valence-electron chi connectivity index (χ3n) is 2.80. The highest BCUT2D eigenvalue weighted by Crippen LogP contribution is 2.33. The van der Waals surface area contributed by atoms with E-state index in [-0.39, 0.29) is 17.1 Å². The summed E-state index contributed by atoms with van der Waals surface area (Å²) in [4.78, 5) is 11.7. The molecule has 20 heavy (non-hydrogen) atoms. The van der Waals surface area contributed by atoms with E-state index in [1.165, 1.54) is 25.3 Å². The van der Waals surface area contributed by atoms with Gasteiger partial charge in [-0.05, 0) is 42.8 Å². The Labute approximate surface area is 115 Å². The number of anilines is 1. The van der Waals surface area contributed by atoms with Gasteiger partial charge in [-0.2, -0.15) is 0 Å². The molecule has 0 atom stereocenters. The molecular weight excluding hydrogens is 261 g/mol. The fourth-order valence-electron chi connectivity index (χ4n) is 1.78. The summed E-state index contributed by atoms with van der Waals surface area (Å²) in [6.45, 7) is 1.70. The van der Waals surface area contributed by atoms with Crippen LogP contribution in [0.15, 0.2) is 36.4 Å². The molecule has 4 nitrogen and oxygen atoms in total. The Morgan fingerprint density at radius 3 is 2.65 bits per heavy atom. The normalized spacial score (nSPS) is 10.2. The maximum atomic E-state index is 13.1. The zero-order valence-corrected chi connectivity index (χ0v) is 11.1. The zero-order chi connectivity index (χ0) is 14.7. The molecule has 0 aromatic heterocycles. The van der Waals surface area contributed by atoms with E-state index in [2.05, 4.69) is 4.74 Å². The Bertz CT molecular complexity index is 656. The van der Waals surface area contributed by atoms with Crippen LogP contribution in [0.1, 0.15) is 15.9 Å². The Morgan fingerprint density at radius 1 is 1.25 bits per heavy atom. The molecule has 2 aromatic rings. The molecule has 2 aromatic carbocycles. The number of methoxy groups -OCH3 is 1. The Kier molecular flexibility index (Phi) is 3.89. The first-order valence-electron chi connectivity index (χ1n) is 5.93. The number of carbonyl (C=O) groups excluding carboxylic acids is 1. The SMILES string of the molecule is COC(=O)c1cccc(N)c1Oc1ccc(F)cc1C. The van der Waals surface area contributed by atoms with E-state index in [9.17, 15) is 9.18 Å². The van der Waals surface area contributed by atoms with E-state index >= 15 is 0 Å². The number of hydrogen-bond donors (Lipinski definition) is 1. The number of benzene rings is 2. The number of hydrogen-bond acceptors (Lipinski definition) is 4. The Balaban J connectivity index is 2.45. The quantitative estimate of drug-likeness (QED) is 0.689. The summed E-state index contributed by atoms with van der Waals surface area (Å²) >= 11 is 0. The van der Waals surface area contributed by atoms with Crippen molar-refractivity contribution in [1.82, 2.24) is 0 Å². The minimum Gasteiger partial charge on any atom is -0.465 e. The van der Waals surface area contributed by atoms with E-state index in [4.69, 9.17) is 10.5 Å². The van der Waals surface area contributed by atoms with Crippen LogP contribution in [-0.2, 0) is 4.74 Å². The summed E-state index contributed by atoms with van der Waals surface area (Å²) in [6, 6.07) is 8.90. The summed E-state index contributed by atoms with van der Waals surface area (Å²) in [7, 11) is 1.28. The molecule has 0 saturated carbocycles. The largest absolute Gasteiger partial charge is 0.465 e. The number of halogens is 1. The number of ether oxygens (including phenoxy) is 2. The van der Waals surface area contributed by atoms with Crippen molar-refractivity contribution in [1.29, 1.82) is 0 Å². The average Bonchev–Trinajstić information content (AvgIpc) is 2.42. The third kappa shape index (κ3) is 2.71. The molecule has 2 N–H and O–H groups in total. The molecule has 0 heterocycles. The van der Waals surface area contributed by atoms with Crippen LogP contribution in [0.25, 0.3) is 0 Å². The number of nitrogens with two attached hydrogens (primary N) is 1. The number of esters is 1. The van der Waals surface area contributed by atoms with Gasteiger partial charge in [-0.1, -0.05) is 6.07 Å². The lowest BCUT2D eigenvalue weighted by Gasteiger charge is -2.13. The highest BCUT2D eigenvalue weighted by molar-refractivity contribution is 5.94. The maximum absolute atomic E-state index is 13.1. The van der Waals surface area contributed by atoms with E-state index in [1.807, 2.05) is 0 Å². The molecule has 0 bridgehead atoms. The first-order chi connectivity index (χ1) is 9.52. The molecule has 0 aliphatic rings. The van der Waals surface area contributed by atoms with Gasteiger partial charge in [0.05, 0.1) is 12.8 Å². The number of aryl methyl sites for hydroxylation is 1. The molecule has 0 unspecified atom stereocenters. The topological polar surface area (TPSA) is 61.5 Å². The van der Waals surface area contributed by atoms with Gasteiger partial charge in [0.2, 0.25) is 0 Å². The fourth-order valence-corrected chi connectivity index (χ4v) is 1.78. The second-order valence-corrected chi connectivity index (χ2v) is 4.23. The summed E-state index contributed by atoms with van der Waals surface area (Å²) in [5, 5.41) is 0. The van der Waals surface area contributed by atoms with Crippen LogP contribution in [0.3, 0.4) is 0 Å². The van der Waals surface area contributed by atoms with Gasteiger partial charge in [0.1, 0.15) is 17.1 Å². The lowest BCUT2D eigenvalue weighted by molar-refractivity contribution is 0.0598. The highest BCUT2D eigenvalue weighted by Gasteiger charge is 2.17. The van der Waals surface area contributed by atoms with E-state index in [1.54, 1.807) is 25.1 Å². The summed E-state index contributed by atoms with van der Waals surface area (Å²) in [5.41, 5.74) is 6.96. The molecule has 0 amide bonds. The molecule has 0 spiro atoms. The molecule has 0 fully saturated rings. The van der Waals surface area contributed by atoms with Crippen LogP contribution >= 0.6 is 0 Å². The van der Waals surface area contributed by atoms with Crippen LogP contribution in [0, 0.1) is 12.7 Å². The number of nitrogen functional groups attached to an aromatic ring is 1. The van der Waals surface area contributed by atoms with Crippen LogP contribution in [0.4, 0.5) is 10.1 Å². The van der Waals surface area contributed by atoms with Crippen molar-refractivity contribution in [2.24, 2.45) is 0 Å². The van der Waals surface area contributed by atoms with E-state index < -0.39 is 5.97 Å². The van der Waals surface area contributed by atoms with Crippen molar-refractivity contribution in [2.45, 2.75) is 6.92 Å². The molecule has 2 rings (SSSR count). The predicted molar refractivity (Wildman–Crippen MR) is 73.4 cm³/mol. The highest BCUT2D eigenvalue weighted by atomic mass is 19.1. The van der Waals surface area contributed by atoms with E-state index in [0.717, 1.165) is 0 Å². The predicted octanol–water partition coefficient (Wildman–Crippen LogP) is 3.30. The molecular formula is C15H14FNO3. The third-order valence-corrected chi connectivity index (χ3v) is 2.80. The van der Waals surface area contributed by atoms with Crippen LogP contribution in [0.5, 0.6) is 11.5 Å². The van der Waals surface area contributed by atoms with Crippen molar-refractivity contribution >= 4 is 11.7 Å².